The van der Waals surface area contributed by atoms with Gasteiger partial charge in [0.15, 0.2) is 0 Å². The first-order valence-corrected chi connectivity index (χ1v) is 7.63. The van der Waals surface area contributed by atoms with Crippen LogP contribution in [-0.2, 0) is 19.7 Å². The number of rotatable bonds is 0. The largest absolute Gasteiger partial charge is 0.0893 e. The molecule has 10 heavy (non-hydrogen) atoms. The molecule has 2 aliphatic rings. The summed E-state index contributed by atoms with van der Waals surface area (Å²) in [6.45, 7) is 0. The van der Waals surface area contributed by atoms with Crippen LogP contribution in [0.3, 0.4) is 0 Å². The molecule has 1 aliphatic heterocycles. The van der Waals surface area contributed by atoms with Crippen molar-refractivity contribution in [3.63, 3.8) is 0 Å². The normalized spacial score (nSPS) is 47.0. The molecule has 1 saturated heterocycles. The molecule has 0 aromatic rings. The van der Waals surface area contributed by atoms with E-state index in [1.165, 1.54) is 31.4 Å². The highest BCUT2D eigenvalue weighted by atomic mass is 33.3. The van der Waals surface area contributed by atoms with Gasteiger partial charge >= 0.3 is 0 Å². The lowest BCUT2D eigenvalue weighted by molar-refractivity contribution is 0.408. The molecule has 0 nitrogen and oxygen atoms in total. The van der Waals surface area contributed by atoms with Crippen molar-refractivity contribution in [2.45, 2.75) is 30.9 Å². The van der Waals surface area contributed by atoms with Crippen LogP contribution in [0.15, 0.2) is 0 Å². The van der Waals surface area contributed by atoms with Crippen molar-refractivity contribution in [2.75, 3.05) is 5.75 Å². The molecular weight excluding hydrogens is 180 g/mol. The summed E-state index contributed by atoms with van der Waals surface area (Å²) < 4.78 is 0. The lowest BCUT2D eigenvalue weighted by atomic mass is 9.90. The van der Waals surface area contributed by atoms with Crippen LogP contribution in [0.2, 0.25) is 0 Å². The van der Waals surface area contributed by atoms with Crippen LogP contribution >= 0.6 is 10.8 Å². The summed E-state index contributed by atoms with van der Waals surface area (Å²) in [5.41, 5.74) is 0. The smallest absolute Gasteiger partial charge is 0.0227 e. The predicted octanol–water partition coefficient (Wildman–Crippen LogP) is 2.29. The molecule has 1 aliphatic carbocycles. The van der Waals surface area contributed by atoms with Crippen LogP contribution in [0.5, 0.6) is 0 Å². The van der Waals surface area contributed by atoms with Gasteiger partial charge in [-0.05, 0) is 29.9 Å². The van der Waals surface area contributed by atoms with Gasteiger partial charge in [-0.3, -0.25) is 0 Å². The van der Waals surface area contributed by atoms with Gasteiger partial charge in [0.25, 0.3) is 0 Å². The van der Waals surface area contributed by atoms with Crippen LogP contribution in [0.1, 0.15) is 25.7 Å². The molecular formula is C7H12S3. The van der Waals surface area contributed by atoms with Gasteiger partial charge < -0.3 is 0 Å². The Labute approximate surface area is 73.1 Å². The van der Waals surface area contributed by atoms with E-state index < -0.39 is 0 Å². The van der Waals surface area contributed by atoms with Gasteiger partial charge in [-0.15, -0.1) is 0 Å². The summed E-state index contributed by atoms with van der Waals surface area (Å²) in [6, 6.07) is 0. The van der Waals surface area contributed by atoms with Crippen molar-refractivity contribution in [3.8, 4) is 0 Å². The molecule has 3 unspecified atom stereocenters. The zero-order chi connectivity index (χ0) is 6.97. The van der Waals surface area contributed by atoms with Crippen LogP contribution < -0.4 is 0 Å². The quantitative estimate of drug-likeness (QED) is 0.540. The van der Waals surface area contributed by atoms with Gasteiger partial charge in [0.05, 0.1) is 0 Å². The third-order valence-electron chi connectivity index (χ3n) is 2.48. The van der Waals surface area contributed by atoms with Crippen molar-refractivity contribution in [1.82, 2.24) is 0 Å². The van der Waals surface area contributed by atoms with Crippen molar-refractivity contribution in [1.29, 1.82) is 0 Å². The van der Waals surface area contributed by atoms with E-state index in [1.54, 1.807) is 0 Å². The first-order chi connectivity index (χ1) is 4.88. The van der Waals surface area contributed by atoms with E-state index in [2.05, 4.69) is 0 Å². The Morgan fingerprint density at radius 2 is 2.10 bits per heavy atom. The van der Waals surface area contributed by atoms with Crippen LogP contribution in [0.25, 0.3) is 0 Å². The molecule has 3 atom stereocenters. The Bertz CT molecular complexity index is 155. The Hall–Kier alpha value is 0.920. The fourth-order valence-corrected chi connectivity index (χ4v) is 7.24. The molecule has 3 heteroatoms. The number of hydrogen-bond donors (Lipinski definition) is 0. The summed E-state index contributed by atoms with van der Waals surface area (Å²) in [7, 11) is 2.36. The lowest BCUT2D eigenvalue weighted by Gasteiger charge is -2.23. The fraction of sp³-hybridized carbons (Fsp3) is 1.00. The van der Waals surface area contributed by atoms with Gasteiger partial charge in [-0.1, -0.05) is 32.1 Å². The maximum Gasteiger partial charge on any atom is 0.0227 e. The molecule has 0 amide bonds. The van der Waals surface area contributed by atoms with Crippen LogP contribution in [0, 0.1) is 5.92 Å². The first kappa shape index (κ1) is 7.56. The van der Waals surface area contributed by atoms with Crippen LogP contribution in [0.4, 0.5) is 0 Å². The predicted molar refractivity (Wildman–Crippen MR) is 52.9 cm³/mol. The maximum absolute atomic E-state index is 5.39. The monoisotopic (exact) mass is 192 g/mol. The molecule has 0 radical (unpaired) electrons. The van der Waals surface area contributed by atoms with Crippen LogP contribution in [-0.4, -0.2) is 11.0 Å². The third kappa shape index (κ3) is 1.28. The van der Waals surface area contributed by atoms with Crippen molar-refractivity contribution >= 4 is 30.5 Å². The maximum atomic E-state index is 5.39. The van der Waals surface area contributed by atoms with Gasteiger partial charge in [0.2, 0.25) is 0 Å². The van der Waals surface area contributed by atoms with E-state index in [4.69, 9.17) is 11.2 Å². The third-order valence-corrected chi connectivity index (χ3v) is 7.85. The summed E-state index contributed by atoms with van der Waals surface area (Å²) in [6.07, 6.45) is 5.82. The number of fused-ring (bicyclic) bond motifs is 1. The Morgan fingerprint density at radius 1 is 1.30 bits per heavy atom. The van der Waals surface area contributed by atoms with E-state index in [-0.39, 0.29) is 0 Å². The van der Waals surface area contributed by atoms with Crippen molar-refractivity contribution in [3.05, 3.63) is 0 Å². The van der Waals surface area contributed by atoms with E-state index >= 15 is 0 Å². The van der Waals surface area contributed by atoms with Crippen molar-refractivity contribution in [2.24, 2.45) is 5.92 Å². The van der Waals surface area contributed by atoms with Gasteiger partial charge in [-0.2, -0.15) is 0 Å². The number of hydrogen-bond acceptors (Lipinski definition) is 2. The average molecular weight is 192 g/mol. The molecule has 58 valence electrons. The molecule has 2 fully saturated rings. The second kappa shape index (κ2) is 3.11. The summed E-state index contributed by atoms with van der Waals surface area (Å²) in [5, 5.41) is 0.939. The fourth-order valence-electron chi connectivity index (χ4n) is 1.86. The highest BCUT2D eigenvalue weighted by molar-refractivity contribution is 8.83. The Balaban J connectivity index is 2.08. The van der Waals surface area contributed by atoms with E-state index in [9.17, 15) is 0 Å². The molecule has 1 saturated carbocycles. The highest BCUT2D eigenvalue weighted by Crippen LogP contribution is 2.40. The lowest BCUT2D eigenvalue weighted by Crippen LogP contribution is -2.22. The minimum Gasteiger partial charge on any atom is -0.0893 e. The second-order valence-corrected chi connectivity index (χ2v) is 8.32. The SMILES string of the molecule is S=S1SCC2CCCCC21. The molecule has 1 heterocycles. The topological polar surface area (TPSA) is 0 Å². The van der Waals surface area contributed by atoms with Crippen molar-refractivity contribution < 1.29 is 0 Å². The summed E-state index contributed by atoms with van der Waals surface area (Å²) in [4.78, 5) is 0. The molecule has 0 N–H and O–H groups in total. The second-order valence-electron chi connectivity index (χ2n) is 3.13. The van der Waals surface area contributed by atoms with Gasteiger partial charge in [0, 0.05) is 11.0 Å². The first-order valence-electron chi connectivity index (χ1n) is 3.92. The standard InChI is InChI=1S/C7H12S3/c8-10-7-4-2-1-3-6(7)5-9-10/h6-7H,1-5H2. The Morgan fingerprint density at radius 3 is 2.90 bits per heavy atom. The molecule has 0 aromatic carbocycles. The Kier molecular flexibility index (Phi) is 2.36. The average Bonchev–Trinajstić information content (AvgIpc) is 2.34. The van der Waals surface area contributed by atoms with Gasteiger partial charge in [-0.25, -0.2) is 0 Å². The molecule has 0 bridgehead atoms. The van der Waals surface area contributed by atoms with E-state index in [0.717, 1.165) is 11.2 Å². The van der Waals surface area contributed by atoms with E-state index in [1.807, 2.05) is 10.8 Å². The zero-order valence-electron chi connectivity index (χ0n) is 5.91. The minimum absolute atomic E-state index is 0.311. The minimum atomic E-state index is 0.311. The van der Waals surface area contributed by atoms with E-state index in [0.29, 0.717) is 8.49 Å². The van der Waals surface area contributed by atoms with Gasteiger partial charge in [0.1, 0.15) is 0 Å². The molecule has 2 rings (SSSR count). The zero-order valence-corrected chi connectivity index (χ0v) is 8.36. The summed E-state index contributed by atoms with van der Waals surface area (Å²) in [5.74, 6) is 2.39. The molecule has 0 spiro atoms. The molecule has 0 aromatic heterocycles. The summed E-state index contributed by atoms with van der Waals surface area (Å²) >= 11 is 5.39. The highest BCUT2D eigenvalue weighted by Gasteiger charge is 2.33.